The smallest absolute Gasteiger partial charge is 0.249 e. The summed E-state index contributed by atoms with van der Waals surface area (Å²) in [7, 11) is 0. The standard InChI is InChI=1S/C19H20Cl2FN5O/c1-10-16(21)9-27(24-10)13(4)19(28)23-18-11(2)25-26(12(18)3)8-14-15(20)6-5-7-17(14)22/h5-7,9,13H,8H2,1-4H3,(H,23,28). The third kappa shape index (κ3) is 3.91. The molecule has 0 fully saturated rings. The molecule has 0 spiro atoms. The molecule has 0 saturated carbocycles. The molecule has 6 nitrogen and oxygen atoms in total. The molecule has 0 aliphatic heterocycles. The first-order valence-corrected chi connectivity index (χ1v) is 9.43. The second-order valence-electron chi connectivity index (χ2n) is 6.61. The van der Waals surface area contributed by atoms with Crippen molar-refractivity contribution >= 4 is 34.8 Å². The van der Waals surface area contributed by atoms with Gasteiger partial charge in [0.25, 0.3) is 0 Å². The lowest BCUT2D eigenvalue weighted by atomic mass is 10.2. The average Bonchev–Trinajstić information content (AvgIpc) is 3.11. The lowest BCUT2D eigenvalue weighted by Crippen LogP contribution is -2.24. The van der Waals surface area contributed by atoms with Crippen LogP contribution in [0.3, 0.4) is 0 Å². The number of nitrogens with one attached hydrogen (secondary N) is 1. The molecule has 0 aliphatic rings. The maximum atomic E-state index is 14.1. The summed E-state index contributed by atoms with van der Waals surface area (Å²) >= 11 is 12.1. The minimum Gasteiger partial charge on any atom is -0.321 e. The predicted octanol–water partition coefficient (Wildman–Crippen LogP) is 4.70. The predicted molar refractivity (Wildman–Crippen MR) is 108 cm³/mol. The van der Waals surface area contributed by atoms with Gasteiger partial charge in [0.1, 0.15) is 11.9 Å². The first kappa shape index (κ1) is 20.4. The van der Waals surface area contributed by atoms with Crippen LogP contribution >= 0.6 is 23.2 Å². The Morgan fingerprint density at radius 1 is 1.18 bits per heavy atom. The van der Waals surface area contributed by atoms with Crippen LogP contribution in [0.5, 0.6) is 0 Å². The van der Waals surface area contributed by atoms with Gasteiger partial charge >= 0.3 is 0 Å². The summed E-state index contributed by atoms with van der Waals surface area (Å²) in [5.41, 5.74) is 2.91. The van der Waals surface area contributed by atoms with Crippen molar-refractivity contribution in [3.8, 4) is 0 Å². The Bertz CT molecular complexity index is 1000. The Hall–Kier alpha value is -2.38. The van der Waals surface area contributed by atoms with Crippen LogP contribution < -0.4 is 5.32 Å². The van der Waals surface area contributed by atoms with Gasteiger partial charge in [0, 0.05) is 16.8 Å². The zero-order valence-corrected chi connectivity index (χ0v) is 17.4. The molecule has 28 heavy (non-hydrogen) atoms. The molecule has 3 aromatic rings. The van der Waals surface area contributed by atoms with Crippen molar-refractivity contribution in [1.82, 2.24) is 19.6 Å². The van der Waals surface area contributed by atoms with E-state index < -0.39 is 11.9 Å². The molecular weight excluding hydrogens is 404 g/mol. The molecule has 2 heterocycles. The fourth-order valence-electron chi connectivity index (χ4n) is 2.87. The fraction of sp³-hybridized carbons (Fsp3) is 0.316. The molecule has 0 radical (unpaired) electrons. The summed E-state index contributed by atoms with van der Waals surface area (Å²) in [5, 5.41) is 12.4. The van der Waals surface area contributed by atoms with E-state index in [0.29, 0.717) is 38.4 Å². The van der Waals surface area contributed by atoms with Gasteiger partial charge in [0.05, 0.1) is 34.3 Å². The van der Waals surface area contributed by atoms with Gasteiger partial charge in [-0.15, -0.1) is 0 Å². The van der Waals surface area contributed by atoms with Crippen LogP contribution in [-0.2, 0) is 11.3 Å². The number of carbonyl (C=O) groups excluding carboxylic acids is 1. The highest BCUT2D eigenvalue weighted by Gasteiger charge is 2.21. The molecule has 1 unspecified atom stereocenters. The van der Waals surface area contributed by atoms with Crippen LogP contribution in [0.2, 0.25) is 10.0 Å². The van der Waals surface area contributed by atoms with Crippen molar-refractivity contribution in [3.63, 3.8) is 0 Å². The highest BCUT2D eigenvalue weighted by molar-refractivity contribution is 6.31. The van der Waals surface area contributed by atoms with Crippen molar-refractivity contribution in [1.29, 1.82) is 0 Å². The number of rotatable bonds is 5. The first-order chi connectivity index (χ1) is 13.2. The zero-order chi connectivity index (χ0) is 20.6. The highest BCUT2D eigenvalue weighted by atomic mass is 35.5. The first-order valence-electron chi connectivity index (χ1n) is 8.68. The maximum Gasteiger partial charge on any atom is 0.249 e. The normalized spacial score (nSPS) is 12.2. The Labute approximate surface area is 172 Å². The molecule has 9 heteroatoms. The Morgan fingerprint density at radius 2 is 1.89 bits per heavy atom. The lowest BCUT2D eigenvalue weighted by molar-refractivity contribution is -0.119. The molecule has 2 aromatic heterocycles. The number of aromatic nitrogens is 4. The van der Waals surface area contributed by atoms with Crippen LogP contribution in [0.4, 0.5) is 10.1 Å². The number of carbonyl (C=O) groups is 1. The number of halogens is 3. The molecule has 1 N–H and O–H groups in total. The van der Waals surface area contributed by atoms with Gasteiger partial charge < -0.3 is 5.32 Å². The molecule has 0 saturated heterocycles. The second-order valence-corrected chi connectivity index (χ2v) is 7.43. The third-order valence-electron chi connectivity index (χ3n) is 4.63. The van der Waals surface area contributed by atoms with E-state index in [9.17, 15) is 9.18 Å². The Kier molecular flexibility index (Phi) is 5.76. The number of amides is 1. The molecule has 3 rings (SSSR count). The lowest BCUT2D eigenvalue weighted by Gasteiger charge is -2.13. The second kappa shape index (κ2) is 7.93. The quantitative estimate of drug-likeness (QED) is 0.646. The molecule has 0 bridgehead atoms. The van der Waals surface area contributed by atoms with Crippen LogP contribution in [0, 0.1) is 26.6 Å². The Balaban J connectivity index is 1.83. The van der Waals surface area contributed by atoms with Gasteiger partial charge in [0.15, 0.2) is 0 Å². The number of hydrogen-bond acceptors (Lipinski definition) is 3. The van der Waals surface area contributed by atoms with E-state index in [-0.39, 0.29) is 12.5 Å². The van der Waals surface area contributed by atoms with Gasteiger partial charge in [-0.2, -0.15) is 10.2 Å². The topological polar surface area (TPSA) is 64.7 Å². The minimum atomic E-state index is -0.561. The zero-order valence-electron chi connectivity index (χ0n) is 15.9. The van der Waals surface area contributed by atoms with Gasteiger partial charge in [-0.1, -0.05) is 29.3 Å². The van der Waals surface area contributed by atoms with Gasteiger partial charge in [-0.3, -0.25) is 14.2 Å². The third-order valence-corrected chi connectivity index (χ3v) is 5.36. The largest absolute Gasteiger partial charge is 0.321 e. The van der Waals surface area contributed by atoms with Crippen LogP contribution in [-0.4, -0.2) is 25.5 Å². The molecule has 1 atom stereocenters. The summed E-state index contributed by atoms with van der Waals surface area (Å²) in [6.45, 7) is 7.26. The number of anilines is 1. The average molecular weight is 424 g/mol. The highest BCUT2D eigenvalue weighted by Crippen LogP contribution is 2.25. The number of aryl methyl sites for hydroxylation is 2. The van der Waals surface area contributed by atoms with E-state index >= 15 is 0 Å². The van der Waals surface area contributed by atoms with Crippen LogP contribution in [0.1, 0.15) is 35.6 Å². The van der Waals surface area contributed by atoms with E-state index in [1.165, 1.54) is 10.7 Å². The van der Waals surface area contributed by atoms with Crippen molar-refractivity contribution in [2.24, 2.45) is 0 Å². The van der Waals surface area contributed by atoms with Gasteiger partial charge in [-0.05, 0) is 39.8 Å². The summed E-state index contributed by atoms with van der Waals surface area (Å²) in [6, 6.07) is 3.98. The number of hydrogen-bond donors (Lipinski definition) is 1. The van der Waals surface area contributed by atoms with E-state index in [1.807, 2.05) is 6.92 Å². The molecule has 1 amide bonds. The number of benzene rings is 1. The van der Waals surface area contributed by atoms with Crippen molar-refractivity contribution < 1.29 is 9.18 Å². The van der Waals surface area contributed by atoms with Gasteiger partial charge in [0.2, 0.25) is 5.91 Å². The van der Waals surface area contributed by atoms with Crippen LogP contribution in [0.15, 0.2) is 24.4 Å². The van der Waals surface area contributed by atoms with Crippen molar-refractivity contribution in [2.45, 2.75) is 40.3 Å². The molecule has 1 aromatic carbocycles. The summed E-state index contributed by atoms with van der Waals surface area (Å²) in [5.74, 6) is -0.654. The van der Waals surface area contributed by atoms with E-state index in [1.54, 1.807) is 43.8 Å². The van der Waals surface area contributed by atoms with E-state index in [4.69, 9.17) is 23.2 Å². The monoisotopic (exact) mass is 423 g/mol. The fourth-order valence-corrected chi connectivity index (χ4v) is 3.23. The van der Waals surface area contributed by atoms with Crippen molar-refractivity contribution in [3.05, 3.63) is 62.9 Å². The molecule has 0 aliphatic carbocycles. The number of nitrogens with zero attached hydrogens (tertiary/aromatic N) is 4. The minimum absolute atomic E-state index is 0.164. The molecule has 148 valence electrons. The van der Waals surface area contributed by atoms with Gasteiger partial charge in [-0.25, -0.2) is 4.39 Å². The summed E-state index contributed by atoms with van der Waals surface area (Å²) < 4.78 is 17.2. The summed E-state index contributed by atoms with van der Waals surface area (Å²) in [4.78, 5) is 12.7. The van der Waals surface area contributed by atoms with Crippen molar-refractivity contribution in [2.75, 3.05) is 5.32 Å². The van der Waals surface area contributed by atoms with E-state index in [0.717, 1.165) is 0 Å². The molecular formula is C19H20Cl2FN5O. The SMILES string of the molecule is Cc1nn(C(C)C(=O)Nc2c(C)nn(Cc3c(F)cccc3Cl)c2C)cc1Cl. The maximum absolute atomic E-state index is 14.1. The Morgan fingerprint density at radius 3 is 2.50 bits per heavy atom. The van der Waals surface area contributed by atoms with Crippen LogP contribution in [0.25, 0.3) is 0 Å². The van der Waals surface area contributed by atoms with E-state index in [2.05, 4.69) is 15.5 Å². The summed E-state index contributed by atoms with van der Waals surface area (Å²) in [6.07, 6.45) is 1.62.